The molecule has 27 heavy (non-hydrogen) atoms. The van der Waals surface area contributed by atoms with E-state index in [1.54, 1.807) is 0 Å². The van der Waals surface area contributed by atoms with Gasteiger partial charge in [0.15, 0.2) is 0 Å². The number of benzene rings is 2. The average molecular weight is 428 g/mol. The Morgan fingerprint density at radius 1 is 0.778 bits per heavy atom. The van der Waals surface area contributed by atoms with Crippen molar-refractivity contribution in [1.29, 1.82) is 0 Å². The van der Waals surface area contributed by atoms with Crippen LogP contribution in [0.5, 0.6) is 0 Å². The summed E-state index contributed by atoms with van der Waals surface area (Å²) in [6.07, 6.45) is 0. The summed E-state index contributed by atoms with van der Waals surface area (Å²) < 4.78 is 74.6. The molecule has 2 aromatic carbocycles. The molecule has 0 aromatic heterocycles. The van der Waals surface area contributed by atoms with Gasteiger partial charge in [0, 0.05) is 10.8 Å². The van der Waals surface area contributed by atoms with E-state index < -0.39 is 63.9 Å². The normalized spacial score (nSPS) is 11.6. The van der Waals surface area contributed by atoms with Crippen LogP contribution in [-0.2, 0) is 29.7 Å². The summed E-state index contributed by atoms with van der Waals surface area (Å²) in [5, 5.41) is -0.841. The van der Waals surface area contributed by atoms with Gasteiger partial charge in [-0.3, -0.25) is 9.11 Å². The molecule has 2 rings (SSSR count). The number of fused-ring (bicyclic) bond motifs is 1. The second-order valence-electron chi connectivity index (χ2n) is 4.98. The fourth-order valence-corrected chi connectivity index (χ4v) is 3.74. The van der Waals surface area contributed by atoms with Gasteiger partial charge in [-0.15, -0.1) is 0 Å². The van der Waals surface area contributed by atoms with Crippen LogP contribution in [0.1, 0.15) is 22.1 Å². The topological polar surface area (TPSA) is 161 Å². The third-order valence-electron chi connectivity index (χ3n) is 3.39. The van der Waals surface area contributed by atoms with Crippen molar-refractivity contribution < 1.29 is 76.0 Å². The molecule has 0 aliphatic heterocycles. The Hall–Kier alpha value is -1.54. The first-order valence-electron chi connectivity index (χ1n) is 6.63. The fraction of sp³-hybridized carbons (Fsp3) is 0.143. The number of esters is 2. The van der Waals surface area contributed by atoms with E-state index in [0.29, 0.717) is 0 Å². The van der Waals surface area contributed by atoms with Gasteiger partial charge in [-0.2, -0.15) is 16.8 Å². The molecule has 0 saturated heterocycles. The Kier molecular flexibility index (Phi) is 7.16. The van der Waals surface area contributed by atoms with E-state index in [2.05, 4.69) is 9.47 Å². The molecule has 142 valence electrons. The molecule has 10 nitrogen and oxygen atoms in total. The van der Waals surface area contributed by atoms with Gasteiger partial charge in [0.1, 0.15) is 9.79 Å². The standard InChI is InChI=1S/C14H12O10S2.Na.H/c1-23-13(15)7-3-9-10(11(5-7)25(17,18)19)4-8(14(16)24-2)6-12(9)26(20,21)22;;/h3-6H,1-2H3,(H,17,18,19)(H,20,21,22);;/q;+1;-1. The Morgan fingerprint density at radius 2 is 1.07 bits per heavy atom. The van der Waals surface area contributed by atoms with Crippen molar-refractivity contribution in [2.75, 3.05) is 14.2 Å². The van der Waals surface area contributed by atoms with Crippen LogP contribution in [-0.4, -0.2) is 52.1 Å². The first kappa shape index (κ1) is 23.5. The van der Waals surface area contributed by atoms with Gasteiger partial charge in [-0.1, -0.05) is 0 Å². The summed E-state index contributed by atoms with van der Waals surface area (Å²) in [7, 11) is -7.88. The number of hydrogen-bond donors (Lipinski definition) is 2. The van der Waals surface area contributed by atoms with E-state index in [4.69, 9.17) is 0 Å². The van der Waals surface area contributed by atoms with Crippen LogP contribution in [0.4, 0.5) is 0 Å². The number of carbonyl (C=O) groups excluding carboxylic acids is 2. The molecule has 0 spiro atoms. The van der Waals surface area contributed by atoms with E-state index in [0.717, 1.165) is 38.5 Å². The van der Waals surface area contributed by atoms with Crippen LogP contribution in [0.2, 0.25) is 0 Å². The minimum absolute atomic E-state index is 0. The van der Waals surface area contributed by atoms with Gasteiger partial charge in [-0.05, 0) is 24.3 Å². The summed E-state index contributed by atoms with van der Waals surface area (Å²) in [5.41, 5.74) is -0.799. The third-order valence-corrected chi connectivity index (χ3v) is 5.18. The van der Waals surface area contributed by atoms with Gasteiger partial charge in [0.05, 0.1) is 25.3 Å². The first-order valence-corrected chi connectivity index (χ1v) is 9.51. The Balaban J connectivity index is 0.00000364. The van der Waals surface area contributed by atoms with Gasteiger partial charge < -0.3 is 10.9 Å². The molecule has 0 saturated carbocycles. The zero-order chi connectivity index (χ0) is 19.9. The van der Waals surface area contributed by atoms with Crippen molar-refractivity contribution in [2.45, 2.75) is 9.79 Å². The van der Waals surface area contributed by atoms with Gasteiger partial charge in [-0.25, -0.2) is 9.59 Å². The molecule has 0 unspecified atom stereocenters. The maximum Gasteiger partial charge on any atom is 1.00 e. The summed E-state index contributed by atoms with van der Waals surface area (Å²) >= 11 is 0. The average Bonchev–Trinajstić information content (AvgIpc) is 2.56. The predicted octanol–water partition coefficient (Wildman–Crippen LogP) is -1.98. The van der Waals surface area contributed by atoms with Crippen LogP contribution in [0.15, 0.2) is 34.1 Å². The summed E-state index contributed by atoms with van der Waals surface area (Å²) in [4.78, 5) is 21.8. The minimum atomic E-state index is -4.94. The molecule has 0 amide bonds. The van der Waals surface area contributed by atoms with Crippen LogP contribution in [0.3, 0.4) is 0 Å². The third kappa shape index (κ3) is 4.85. The quantitative estimate of drug-likeness (QED) is 0.317. The van der Waals surface area contributed by atoms with E-state index >= 15 is 0 Å². The molecule has 0 bridgehead atoms. The van der Waals surface area contributed by atoms with E-state index in [1.165, 1.54) is 0 Å². The van der Waals surface area contributed by atoms with Crippen molar-refractivity contribution in [3.8, 4) is 0 Å². The van der Waals surface area contributed by atoms with E-state index in [1.807, 2.05) is 0 Å². The zero-order valence-electron chi connectivity index (χ0n) is 15.3. The van der Waals surface area contributed by atoms with Crippen LogP contribution < -0.4 is 29.6 Å². The molecule has 0 heterocycles. The number of methoxy groups -OCH3 is 2. The SMILES string of the molecule is COC(=O)c1cc(S(=O)(=O)O)c2cc(C(=O)OC)cc(S(=O)(=O)O)c2c1.[H-].[Na+]. The van der Waals surface area contributed by atoms with Crippen molar-refractivity contribution >= 4 is 42.9 Å². The van der Waals surface area contributed by atoms with Crippen molar-refractivity contribution in [3.63, 3.8) is 0 Å². The monoisotopic (exact) mass is 428 g/mol. The molecule has 13 heteroatoms. The fourth-order valence-electron chi connectivity index (χ4n) is 2.29. The maximum absolute atomic E-state index is 11.7. The van der Waals surface area contributed by atoms with Crippen LogP contribution in [0.25, 0.3) is 10.8 Å². The Morgan fingerprint density at radius 3 is 1.30 bits per heavy atom. The largest absolute Gasteiger partial charge is 1.00 e. The van der Waals surface area contributed by atoms with Crippen molar-refractivity contribution in [1.82, 2.24) is 0 Å². The summed E-state index contributed by atoms with van der Waals surface area (Å²) in [6, 6.07) is 3.39. The molecule has 2 N–H and O–H groups in total. The molecule has 0 atom stereocenters. The number of ether oxygens (including phenoxy) is 2. The molecule has 0 aliphatic carbocycles. The second-order valence-corrected chi connectivity index (χ2v) is 7.76. The smallest absolute Gasteiger partial charge is 1.00 e. The van der Waals surface area contributed by atoms with Crippen LogP contribution in [0, 0.1) is 0 Å². The molecular formula is C14H13NaO10S2. The minimum Gasteiger partial charge on any atom is -1.00 e. The summed E-state index contributed by atoms with van der Waals surface area (Å²) in [5.74, 6) is -2.04. The number of carbonyl (C=O) groups is 2. The number of hydrogen-bond acceptors (Lipinski definition) is 8. The Bertz CT molecular complexity index is 1050. The molecule has 0 aliphatic rings. The van der Waals surface area contributed by atoms with E-state index in [-0.39, 0.29) is 31.0 Å². The van der Waals surface area contributed by atoms with Gasteiger partial charge >= 0.3 is 41.5 Å². The van der Waals surface area contributed by atoms with Crippen LogP contribution >= 0.6 is 0 Å². The Labute approximate surface area is 177 Å². The van der Waals surface area contributed by atoms with Gasteiger partial charge in [0.2, 0.25) is 0 Å². The number of rotatable bonds is 4. The first-order chi connectivity index (χ1) is 11.9. The van der Waals surface area contributed by atoms with Crippen molar-refractivity contribution in [3.05, 3.63) is 35.4 Å². The summed E-state index contributed by atoms with van der Waals surface area (Å²) in [6.45, 7) is 0. The van der Waals surface area contributed by atoms with Crippen molar-refractivity contribution in [2.24, 2.45) is 0 Å². The maximum atomic E-state index is 11.7. The zero-order valence-corrected chi connectivity index (χ0v) is 17.9. The molecule has 0 radical (unpaired) electrons. The van der Waals surface area contributed by atoms with Gasteiger partial charge in [0.25, 0.3) is 20.2 Å². The second kappa shape index (κ2) is 8.22. The molecule has 0 fully saturated rings. The van der Waals surface area contributed by atoms with E-state index in [9.17, 15) is 35.5 Å². The molecular weight excluding hydrogens is 415 g/mol. The molecule has 2 aromatic rings. The predicted molar refractivity (Wildman–Crippen MR) is 87.4 cm³/mol.